The van der Waals surface area contributed by atoms with Gasteiger partial charge in [-0.1, -0.05) is 97.1 Å². The molecule has 0 atom stereocenters. The van der Waals surface area contributed by atoms with E-state index in [1.54, 1.807) is 6.20 Å². The van der Waals surface area contributed by atoms with Crippen LogP contribution in [0.4, 0.5) is 0 Å². The largest absolute Gasteiger partial charge is 0.485 e. The Bertz CT molecular complexity index is 1630. The van der Waals surface area contributed by atoms with Gasteiger partial charge in [-0.2, -0.15) is 5.10 Å². The standard InChI is InChI=1S/C34H27N3O2/c1-4-12-26(13-5-1)24-38-32-20-19-29(22-33(32)39-25-27-14-6-2-7-15-27)31-23-30(28-16-8-3-9-17-28)36-37(31)34-18-10-11-21-35-34/h1-23H,24-25H2. The molecule has 39 heavy (non-hydrogen) atoms. The lowest BCUT2D eigenvalue weighted by Gasteiger charge is -2.15. The topological polar surface area (TPSA) is 49.2 Å². The van der Waals surface area contributed by atoms with Gasteiger partial charge in [-0.05, 0) is 47.5 Å². The van der Waals surface area contributed by atoms with Crippen molar-refractivity contribution in [2.45, 2.75) is 13.2 Å². The van der Waals surface area contributed by atoms with Crippen molar-refractivity contribution < 1.29 is 9.47 Å². The number of ether oxygens (including phenoxy) is 2. The molecular formula is C34H27N3O2. The van der Waals surface area contributed by atoms with Crippen LogP contribution in [0.3, 0.4) is 0 Å². The van der Waals surface area contributed by atoms with Crippen LogP contribution in [-0.2, 0) is 13.2 Å². The van der Waals surface area contributed by atoms with Gasteiger partial charge in [0.25, 0.3) is 0 Å². The summed E-state index contributed by atoms with van der Waals surface area (Å²) >= 11 is 0. The number of pyridine rings is 1. The maximum atomic E-state index is 6.34. The van der Waals surface area contributed by atoms with Crippen LogP contribution in [-0.4, -0.2) is 14.8 Å². The molecule has 0 saturated heterocycles. The molecule has 2 heterocycles. The van der Waals surface area contributed by atoms with Crippen LogP contribution in [0.25, 0.3) is 28.3 Å². The number of rotatable bonds is 9. The third kappa shape index (κ3) is 5.73. The monoisotopic (exact) mass is 509 g/mol. The third-order valence-electron chi connectivity index (χ3n) is 6.36. The summed E-state index contributed by atoms with van der Waals surface area (Å²) in [6.07, 6.45) is 1.78. The smallest absolute Gasteiger partial charge is 0.162 e. The minimum Gasteiger partial charge on any atom is -0.485 e. The van der Waals surface area contributed by atoms with Crippen LogP contribution >= 0.6 is 0 Å². The van der Waals surface area contributed by atoms with E-state index in [1.165, 1.54) is 0 Å². The van der Waals surface area contributed by atoms with E-state index in [9.17, 15) is 0 Å². The first-order chi connectivity index (χ1) is 19.3. The molecule has 0 N–H and O–H groups in total. The van der Waals surface area contributed by atoms with E-state index in [1.807, 2.05) is 95.7 Å². The minimum atomic E-state index is 0.431. The van der Waals surface area contributed by atoms with Crippen molar-refractivity contribution in [1.29, 1.82) is 0 Å². The predicted molar refractivity (Wildman–Crippen MR) is 154 cm³/mol. The summed E-state index contributed by atoms with van der Waals surface area (Å²) in [5.74, 6) is 2.10. The van der Waals surface area contributed by atoms with Crippen molar-refractivity contribution in [3.05, 3.63) is 151 Å². The second-order valence-corrected chi connectivity index (χ2v) is 9.09. The zero-order valence-electron chi connectivity index (χ0n) is 21.4. The Hall–Kier alpha value is -5.16. The fourth-order valence-corrected chi connectivity index (χ4v) is 4.36. The number of nitrogens with zero attached hydrogens (tertiary/aromatic N) is 3. The van der Waals surface area contributed by atoms with Gasteiger partial charge in [0.2, 0.25) is 0 Å². The second-order valence-electron chi connectivity index (χ2n) is 9.09. The number of benzene rings is 4. The van der Waals surface area contributed by atoms with E-state index < -0.39 is 0 Å². The Balaban J connectivity index is 1.39. The molecular weight excluding hydrogens is 482 g/mol. The van der Waals surface area contributed by atoms with Gasteiger partial charge in [0.05, 0.1) is 11.4 Å². The Morgan fingerprint density at radius 1 is 0.538 bits per heavy atom. The van der Waals surface area contributed by atoms with Crippen LogP contribution in [0.1, 0.15) is 11.1 Å². The van der Waals surface area contributed by atoms with Crippen LogP contribution in [0.5, 0.6) is 11.5 Å². The van der Waals surface area contributed by atoms with Gasteiger partial charge in [0.15, 0.2) is 17.3 Å². The number of aromatic nitrogens is 3. The highest BCUT2D eigenvalue weighted by Gasteiger charge is 2.17. The maximum Gasteiger partial charge on any atom is 0.162 e. The normalized spacial score (nSPS) is 10.8. The minimum absolute atomic E-state index is 0.431. The van der Waals surface area contributed by atoms with Gasteiger partial charge in [-0.15, -0.1) is 0 Å². The molecule has 5 nitrogen and oxygen atoms in total. The average molecular weight is 510 g/mol. The fourth-order valence-electron chi connectivity index (χ4n) is 4.36. The SMILES string of the molecule is c1ccc(COc2ccc(-c3cc(-c4ccccc4)nn3-c3ccccn3)cc2OCc2ccccc2)cc1. The Kier molecular flexibility index (Phi) is 7.12. The zero-order valence-corrected chi connectivity index (χ0v) is 21.4. The van der Waals surface area contributed by atoms with Gasteiger partial charge < -0.3 is 9.47 Å². The van der Waals surface area contributed by atoms with Crippen LogP contribution < -0.4 is 9.47 Å². The maximum absolute atomic E-state index is 6.34. The molecule has 0 fully saturated rings. The van der Waals surface area contributed by atoms with Gasteiger partial charge >= 0.3 is 0 Å². The summed E-state index contributed by atoms with van der Waals surface area (Å²) in [6, 6.07) is 44.4. The van der Waals surface area contributed by atoms with E-state index in [0.717, 1.165) is 39.5 Å². The molecule has 4 aromatic carbocycles. The lowest BCUT2D eigenvalue weighted by atomic mass is 10.1. The molecule has 190 valence electrons. The fraction of sp³-hybridized carbons (Fsp3) is 0.0588. The average Bonchev–Trinajstić information content (AvgIpc) is 3.47. The molecule has 0 aliphatic heterocycles. The molecule has 6 aromatic rings. The lowest BCUT2D eigenvalue weighted by Crippen LogP contribution is -2.03. The summed E-state index contributed by atoms with van der Waals surface area (Å²) in [7, 11) is 0. The highest BCUT2D eigenvalue weighted by molar-refractivity contribution is 5.72. The zero-order chi connectivity index (χ0) is 26.3. The second kappa shape index (κ2) is 11.5. The first-order valence-corrected chi connectivity index (χ1v) is 12.9. The lowest BCUT2D eigenvalue weighted by molar-refractivity contribution is 0.256. The molecule has 0 radical (unpaired) electrons. The molecule has 0 amide bonds. The van der Waals surface area contributed by atoms with Crippen LogP contribution in [0.15, 0.2) is 140 Å². The molecule has 0 bridgehead atoms. The summed E-state index contributed by atoms with van der Waals surface area (Å²) in [5.41, 5.74) is 5.94. The van der Waals surface area contributed by atoms with Crippen molar-refractivity contribution in [2.75, 3.05) is 0 Å². The van der Waals surface area contributed by atoms with Crippen molar-refractivity contribution >= 4 is 0 Å². The summed E-state index contributed by atoms with van der Waals surface area (Å²) in [5, 5.41) is 4.93. The van der Waals surface area contributed by atoms with Gasteiger partial charge in [-0.25, -0.2) is 9.67 Å². The van der Waals surface area contributed by atoms with E-state index in [4.69, 9.17) is 14.6 Å². The number of hydrogen-bond donors (Lipinski definition) is 0. The van der Waals surface area contributed by atoms with E-state index >= 15 is 0 Å². The van der Waals surface area contributed by atoms with Crippen LogP contribution in [0, 0.1) is 0 Å². The third-order valence-corrected chi connectivity index (χ3v) is 6.36. The summed E-state index contributed by atoms with van der Waals surface area (Å²) in [6.45, 7) is 0.882. The Labute approximate surface area is 228 Å². The number of hydrogen-bond acceptors (Lipinski definition) is 4. The van der Waals surface area contributed by atoms with Crippen molar-refractivity contribution in [2.24, 2.45) is 0 Å². The predicted octanol–water partition coefficient (Wildman–Crippen LogP) is 7.76. The van der Waals surface area contributed by atoms with E-state index in [0.29, 0.717) is 24.7 Å². The molecule has 5 heteroatoms. The molecule has 6 rings (SSSR count). The van der Waals surface area contributed by atoms with Gasteiger partial charge in [0.1, 0.15) is 13.2 Å². The molecule has 0 spiro atoms. The Morgan fingerprint density at radius 2 is 1.15 bits per heavy atom. The van der Waals surface area contributed by atoms with Gasteiger partial charge in [-0.3, -0.25) is 0 Å². The molecule has 2 aromatic heterocycles. The quantitative estimate of drug-likeness (QED) is 0.200. The van der Waals surface area contributed by atoms with Gasteiger partial charge in [0, 0.05) is 17.3 Å². The van der Waals surface area contributed by atoms with E-state index in [-0.39, 0.29) is 0 Å². The van der Waals surface area contributed by atoms with Crippen LogP contribution in [0.2, 0.25) is 0 Å². The Morgan fingerprint density at radius 3 is 1.79 bits per heavy atom. The van der Waals surface area contributed by atoms with Crippen molar-refractivity contribution in [1.82, 2.24) is 14.8 Å². The van der Waals surface area contributed by atoms with Crippen molar-refractivity contribution in [3.8, 4) is 39.8 Å². The highest BCUT2D eigenvalue weighted by atomic mass is 16.5. The summed E-state index contributed by atoms with van der Waals surface area (Å²) < 4.78 is 14.5. The molecule has 0 aliphatic rings. The molecule has 0 aliphatic carbocycles. The molecule has 0 unspecified atom stereocenters. The van der Waals surface area contributed by atoms with E-state index in [2.05, 4.69) is 47.4 Å². The first-order valence-electron chi connectivity index (χ1n) is 12.9. The highest BCUT2D eigenvalue weighted by Crippen LogP contribution is 2.36. The first kappa shape index (κ1) is 24.2. The molecule has 0 saturated carbocycles. The van der Waals surface area contributed by atoms with Crippen molar-refractivity contribution in [3.63, 3.8) is 0 Å². The summed E-state index contributed by atoms with van der Waals surface area (Å²) in [4.78, 5) is 4.57.